The van der Waals surface area contributed by atoms with Crippen molar-refractivity contribution in [2.45, 2.75) is 39.7 Å². The highest BCUT2D eigenvalue weighted by Crippen LogP contribution is 2.27. The van der Waals surface area contributed by atoms with Crippen LogP contribution in [0.25, 0.3) is 22.4 Å². The van der Waals surface area contributed by atoms with Gasteiger partial charge in [0.2, 0.25) is 0 Å². The Labute approximate surface area is 166 Å². The fourth-order valence-electron chi connectivity index (χ4n) is 2.84. The molecule has 0 fully saturated rings. The lowest BCUT2D eigenvalue weighted by Crippen LogP contribution is -2.13. The quantitative estimate of drug-likeness (QED) is 0.475. The summed E-state index contributed by atoms with van der Waals surface area (Å²) in [6.45, 7) is 7.54. The minimum atomic E-state index is -0.545. The summed E-state index contributed by atoms with van der Waals surface area (Å²) in [6, 6.07) is 11.2. The van der Waals surface area contributed by atoms with Gasteiger partial charge in [-0.25, -0.2) is 9.78 Å². The monoisotopic (exact) mass is 392 g/mol. The van der Waals surface area contributed by atoms with Crippen molar-refractivity contribution in [1.82, 2.24) is 20.3 Å². The summed E-state index contributed by atoms with van der Waals surface area (Å²) in [5.41, 5.74) is 2.35. The van der Waals surface area contributed by atoms with Crippen LogP contribution < -0.4 is 0 Å². The zero-order chi connectivity index (χ0) is 20.6. The molecule has 0 unspecified atom stereocenters. The number of esters is 1. The van der Waals surface area contributed by atoms with Gasteiger partial charge in [-0.1, -0.05) is 61.4 Å². The van der Waals surface area contributed by atoms with Crippen molar-refractivity contribution in [3.63, 3.8) is 0 Å². The zero-order valence-electron chi connectivity index (χ0n) is 16.6. The van der Waals surface area contributed by atoms with E-state index in [1.54, 1.807) is 13.0 Å². The van der Waals surface area contributed by atoms with Gasteiger partial charge >= 0.3 is 5.97 Å². The molecule has 4 aromatic rings. The number of ether oxygens (including phenoxy) is 1. The van der Waals surface area contributed by atoms with Gasteiger partial charge in [0.05, 0.1) is 22.3 Å². The molecule has 4 rings (SSSR count). The second kappa shape index (κ2) is 7.12. The van der Waals surface area contributed by atoms with Crippen LogP contribution in [-0.4, -0.2) is 26.3 Å². The van der Waals surface area contributed by atoms with E-state index in [0.717, 1.165) is 5.56 Å². The van der Waals surface area contributed by atoms with Gasteiger partial charge in [-0.05, 0) is 13.0 Å². The largest absolute Gasteiger partial charge is 0.452 e. The van der Waals surface area contributed by atoms with Crippen LogP contribution in [0.15, 0.2) is 45.4 Å². The van der Waals surface area contributed by atoms with E-state index < -0.39 is 5.97 Å². The molecule has 0 amide bonds. The first-order valence-corrected chi connectivity index (χ1v) is 9.15. The smallest absolute Gasteiger partial charge is 0.339 e. The SMILES string of the molecule is Cc1noc2nc(-c3ccccc3)cc(C(=O)OCc3nc(C(C)(C)C)no3)c12. The highest BCUT2D eigenvalue weighted by atomic mass is 16.6. The normalized spacial score (nSPS) is 11.7. The number of aryl methyl sites for hydroxylation is 1. The minimum absolute atomic E-state index is 0.128. The maximum absolute atomic E-state index is 12.9. The molecule has 148 valence electrons. The standard InChI is InChI=1S/C21H20N4O4/c1-12-17-14(19(26)27-11-16-23-20(25-28-16)21(2,3)4)10-15(22-18(17)29-24-12)13-8-6-5-7-9-13/h5-10H,11H2,1-4H3. The van der Waals surface area contributed by atoms with E-state index in [2.05, 4.69) is 20.3 Å². The highest BCUT2D eigenvalue weighted by Gasteiger charge is 2.23. The van der Waals surface area contributed by atoms with E-state index in [-0.39, 0.29) is 23.6 Å². The Kier molecular flexibility index (Phi) is 4.62. The van der Waals surface area contributed by atoms with Crippen molar-refractivity contribution in [2.24, 2.45) is 0 Å². The third kappa shape index (κ3) is 3.73. The summed E-state index contributed by atoms with van der Waals surface area (Å²) >= 11 is 0. The third-order valence-corrected chi connectivity index (χ3v) is 4.37. The number of hydrogen-bond acceptors (Lipinski definition) is 8. The Balaban J connectivity index is 1.64. The van der Waals surface area contributed by atoms with E-state index in [1.807, 2.05) is 51.1 Å². The van der Waals surface area contributed by atoms with Crippen molar-refractivity contribution >= 4 is 17.1 Å². The van der Waals surface area contributed by atoms with Gasteiger partial charge in [0, 0.05) is 11.0 Å². The van der Waals surface area contributed by atoms with Gasteiger partial charge in [-0.3, -0.25) is 0 Å². The lowest BCUT2D eigenvalue weighted by Gasteiger charge is -2.10. The number of hydrogen-bond donors (Lipinski definition) is 0. The van der Waals surface area contributed by atoms with E-state index in [0.29, 0.717) is 28.2 Å². The summed E-state index contributed by atoms with van der Waals surface area (Å²) in [6.07, 6.45) is 0. The molecule has 0 saturated carbocycles. The van der Waals surface area contributed by atoms with E-state index in [9.17, 15) is 4.79 Å². The molecule has 8 nitrogen and oxygen atoms in total. The maximum Gasteiger partial charge on any atom is 0.339 e. The molecular formula is C21H20N4O4. The van der Waals surface area contributed by atoms with Crippen LogP contribution in [0.4, 0.5) is 0 Å². The predicted octanol–water partition coefficient (Wildman–Crippen LogP) is 4.24. The molecule has 29 heavy (non-hydrogen) atoms. The van der Waals surface area contributed by atoms with Crippen molar-refractivity contribution in [2.75, 3.05) is 0 Å². The van der Waals surface area contributed by atoms with Gasteiger partial charge in [-0.2, -0.15) is 4.98 Å². The number of rotatable bonds is 4. The van der Waals surface area contributed by atoms with Crippen LogP contribution in [0.3, 0.4) is 0 Å². The summed E-state index contributed by atoms with van der Waals surface area (Å²) in [5, 5.41) is 8.40. The molecule has 0 aliphatic heterocycles. The van der Waals surface area contributed by atoms with Crippen LogP contribution >= 0.6 is 0 Å². The van der Waals surface area contributed by atoms with Crippen LogP contribution in [0, 0.1) is 6.92 Å². The van der Waals surface area contributed by atoms with Crippen LogP contribution in [-0.2, 0) is 16.8 Å². The Morgan fingerprint density at radius 1 is 1.07 bits per heavy atom. The molecule has 3 aromatic heterocycles. The number of nitrogens with zero attached hydrogens (tertiary/aromatic N) is 4. The molecule has 0 spiro atoms. The summed E-state index contributed by atoms with van der Waals surface area (Å²) in [7, 11) is 0. The number of aromatic nitrogens is 4. The Bertz CT molecular complexity index is 1170. The molecule has 0 N–H and O–H groups in total. The van der Waals surface area contributed by atoms with E-state index in [4.69, 9.17) is 13.8 Å². The summed E-state index contributed by atoms with van der Waals surface area (Å²) in [5.74, 6) is 0.242. The second-order valence-electron chi connectivity index (χ2n) is 7.71. The molecular weight excluding hydrogens is 372 g/mol. The van der Waals surface area contributed by atoms with Gasteiger partial charge in [0.15, 0.2) is 12.4 Å². The van der Waals surface area contributed by atoms with Gasteiger partial charge < -0.3 is 13.8 Å². The minimum Gasteiger partial charge on any atom is -0.452 e. The molecule has 3 heterocycles. The van der Waals surface area contributed by atoms with Crippen molar-refractivity contribution in [1.29, 1.82) is 0 Å². The average molecular weight is 392 g/mol. The third-order valence-electron chi connectivity index (χ3n) is 4.37. The number of pyridine rings is 1. The first-order valence-electron chi connectivity index (χ1n) is 9.15. The van der Waals surface area contributed by atoms with E-state index >= 15 is 0 Å². The Morgan fingerprint density at radius 2 is 1.83 bits per heavy atom. The maximum atomic E-state index is 12.9. The average Bonchev–Trinajstić information content (AvgIpc) is 3.33. The van der Waals surface area contributed by atoms with Gasteiger partial charge in [0.1, 0.15) is 0 Å². The van der Waals surface area contributed by atoms with Gasteiger partial charge in [-0.15, -0.1) is 0 Å². The fourth-order valence-corrected chi connectivity index (χ4v) is 2.84. The van der Waals surface area contributed by atoms with Crippen LogP contribution in [0.5, 0.6) is 0 Å². The summed E-state index contributed by atoms with van der Waals surface area (Å²) in [4.78, 5) is 21.6. The zero-order valence-corrected chi connectivity index (χ0v) is 16.6. The molecule has 1 aromatic carbocycles. The molecule has 8 heteroatoms. The summed E-state index contributed by atoms with van der Waals surface area (Å²) < 4.78 is 15.9. The highest BCUT2D eigenvalue weighted by molar-refractivity contribution is 6.04. The molecule has 0 radical (unpaired) electrons. The molecule has 0 atom stereocenters. The predicted molar refractivity (Wildman–Crippen MR) is 104 cm³/mol. The topological polar surface area (TPSA) is 104 Å². The van der Waals surface area contributed by atoms with Crippen molar-refractivity contribution < 1.29 is 18.6 Å². The second-order valence-corrected chi connectivity index (χ2v) is 7.71. The lowest BCUT2D eigenvalue weighted by atomic mass is 9.96. The first kappa shape index (κ1) is 18.8. The van der Waals surface area contributed by atoms with Crippen LogP contribution in [0.2, 0.25) is 0 Å². The van der Waals surface area contributed by atoms with Gasteiger partial charge in [0.25, 0.3) is 11.6 Å². The number of carbonyl (C=O) groups excluding carboxylic acids is 1. The first-order chi connectivity index (χ1) is 13.8. The molecule has 0 aliphatic carbocycles. The fraction of sp³-hybridized carbons (Fsp3) is 0.286. The van der Waals surface area contributed by atoms with Crippen LogP contribution in [0.1, 0.15) is 48.5 Å². The molecule has 0 aliphatic rings. The van der Waals surface area contributed by atoms with Crippen molar-refractivity contribution in [3.05, 3.63) is 59.4 Å². The Morgan fingerprint density at radius 3 is 2.52 bits per heavy atom. The lowest BCUT2D eigenvalue weighted by molar-refractivity contribution is 0.0432. The molecule has 0 bridgehead atoms. The number of benzene rings is 1. The molecule has 0 saturated heterocycles. The number of fused-ring (bicyclic) bond motifs is 1. The number of carbonyl (C=O) groups is 1. The van der Waals surface area contributed by atoms with E-state index in [1.165, 1.54) is 0 Å². The Hall–Kier alpha value is -3.55. The van der Waals surface area contributed by atoms with Crippen molar-refractivity contribution in [3.8, 4) is 11.3 Å².